The van der Waals surface area contributed by atoms with E-state index in [2.05, 4.69) is 53.8 Å². The molecule has 0 aromatic heterocycles. The van der Waals surface area contributed by atoms with Crippen LogP contribution in [0.2, 0.25) is 0 Å². The molecule has 1 unspecified atom stereocenters. The van der Waals surface area contributed by atoms with Gasteiger partial charge in [-0.25, -0.2) is 0 Å². The van der Waals surface area contributed by atoms with E-state index >= 15 is 0 Å². The molecular weight excluding hydrogens is 340 g/mol. The zero-order valence-corrected chi connectivity index (χ0v) is 17.8. The number of nitrogens with one attached hydrogen (secondary N) is 3. The first-order valence-corrected chi connectivity index (χ1v) is 9.69. The number of nitrogens with zero attached hydrogens (tertiary/aromatic N) is 1. The fourth-order valence-electron chi connectivity index (χ4n) is 2.41. The van der Waals surface area contributed by atoms with Crippen LogP contribution in [0.5, 0.6) is 5.75 Å². The molecule has 0 bridgehead atoms. The summed E-state index contributed by atoms with van der Waals surface area (Å²) in [6.45, 7) is 14.0. The predicted molar refractivity (Wildman–Crippen MR) is 112 cm³/mol. The van der Waals surface area contributed by atoms with Gasteiger partial charge in [0.05, 0.1) is 24.6 Å². The van der Waals surface area contributed by atoms with Gasteiger partial charge in [0.25, 0.3) is 0 Å². The topological polar surface area (TPSA) is 74.8 Å². The molecule has 0 saturated carbocycles. The minimum Gasteiger partial charge on any atom is -0.493 e. The minimum absolute atomic E-state index is 0.0212. The molecule has 0 aliphatic rings. The monoisotopic (exact) mass is 376 g/mol. The van der Waals surface area contributed by atoms with Crippen LogP contribution in [0.3, 0.4) is 0 Å². The first-order chi connectivity index (χ1) is 12.7. The Hall–Kier alpha value is -2.24. The number of amides is 1. The van der Waals surface area contributed by atoms with Crippen LogP contribution in [0.25, 0.3) is 0 Å². The van der Waals surface area contributed by atoms with Gasteiger partial charge in [-0.05, 0) is 51.3 Å². The number of ether oxygens (including phenoxy) is 1. The van der Waals surface area contributed by atoms with Crippen LogP contribution >= 0.6 is 0 Å². The molecule has 0 aliphatic heterocycles. The van der Waals surface area contributed by atoms with Crippen molar-refractivity contribution in [2.24, 2.45) is 16.3 Å². The van der Waals surface area contributed by atoms with E-state index in [0.29, 0.717) is 25.0 Å². The van der Waals surface area contributed by atoms with Crippen molar-refractivity contribution in [3.63, 3.8) is 0 Å². The number of rotatable bonds is 9. The molecule has 0 fully saturated rings. The van der Waals surface area contributed by atoms with Crippen molar-refractivity contribution in [2.75, 3.05) is 26.7 Å². The van der Waals surface area contributed by atoms with Gasteiger partial charge in [0.15, 0.2) is 5.96 Å². The lowest BCUT2D eigenvalue weighted by Crippen LogP contribution is -2.41. The van der Waals surface area contributed by atoms with Crippen molar-refractivity contribution in [3.8, 4) is 5.75 Å². The third-order valence-corrected chi connectivity index (χ3v) is 4.14. The Balaban J connectivity index is 2.75. The van der Waals surface area contributed by atoms with Gasteiger partial charge in [-0.1, -0.05) is 26.0 Å². The molecular formula is C21H36N4O2. The zero-order chi connectivity index (χ0) is 20.4. The Labute approximate surface area is 164 Å². The van der Waals surface area contributed by atoms with E-state index < -0.39 is 5.41 Å². The number of carbonyl (C=O) groups is 1. The molecule has 0 heterocycles. The highest BCUT2D eigenvalue weighted by atomic mass is 16.5. The van der Waals surface area contributed by atoms with E-state index in [1.54, 1.807) is 7.05 Å². The second kappa shape index (κ2) is 10.8. The highest BCUT2D eigenvalue weighted by Crippen LogP contribution is 2.19. The summed E-state index contributed by atoms with van der Waals surface area (Å²) in [6, 6.07) is 8.19. The van der Waals surface area contributed by atoms with E-state index in [0.717, 1.165) is 17.9 Å². The molecule has 6 nitrogen and oxygen atoms in total. The molecule has 27 heavy (non-hydrogen) atoms. The van der Waals surface area contributed by atoms with Crippen LogP contribution < -0.4 is 20.7 Å². The molecule has 0 saturated heterocycles. The molecule has 1 amide bonds. The maximum atomic E-state index is 11.9. The number of aliphatic imine (C=N–C) groups is 1. The quantitative estimate of drug-likeness (QED) is 0.457. The van der Waals surface area contributed by atoms with E-state index in [4.69, 9.17) is 4.74 Å². The average molecular weight is 377 g/mol. The third kappa shape index (κ3) is 7.89. The second-order valence-electron chi connectivity index (χ2n) is 7.80. The minimum atomic E-state index is -0.560. The van der Waals surface area contributed by atoms with Gasteiger partial charge in [-0.2, -0.15) is 0 Å². The van der Waals surface area contributed by atoms with Crippen LogP contribution in [-0.2, 0) is 4.79 Å². The van der Waals surface area contributed by atoms with Crippen molar-refractivity contribution in [1.29, 1.82) is 0 Å². The molecule has 6 heteroatoms. The summed E-state index contributed by atoms with van der Waals surface area (Å²) in [4.78, 5) is 16.5. The number of hydrogen-bond donors (Lipinski definition) is 3. The Morgan fingerprint density at radius 1 is 1.19 bits per heavy atom. The number of hydrogen-bond acceptors (Lipinski definition) is 3. The summed E-state index contributed by atoms with van der Waals surface area (Å²) in [5.41, 5.74) is 0.582. The summed E-state index contributed by atoms with van der Waals surface area (Å²) in [5, 5.41) is 9.33. The van der Waals surface area contributed by atoms with Crippen LogP contribution in [0.1, 0.15) is 53.1 Å². The van der Waals surface area contributed by atoms with E-state index in [-0.39, 0.29) is 11.9 Å². The van der Waals surface area contributed by atoms with Crippen molar-refractivity contribution in [2.45, 2.75) is 47.6 Å². The van der Waals surface area contributed by atoms with Crippen molar-refractivity contribution in [1.82, 2.24) is 16.0 Å². The van der Waals surface area contributed by atoms with Gasteiger partial charge in [-0.15, -0.1) is 0 Å². The summed E-state index contributed by atoms with van der Waals surface area (Å²) >= 11 is 0. The predicted octanol–water partition coefficient (Wildman–Crippen LogP) is 3.11. The Morgan fingerprint density at radius 2 is 1.81 bits per heavy atom. The maximum absolute atomic E-state index is 11.9. The fourth-order valence-corrected chi connectivity index (χ4v) is 2.41. The van der Waals surface area contributed by atoms with Crippen LogP contribution in [-0.4, -0.2) is 38.6 Å². The number of benzene rings is 1. The summed E-state index contributed by atoms with van der Waals surface area (Å²) in [5.74, 6) is 2.06. The zero-order valence-electron chi connectivity index (χ0n) is 17.8. The van der Waals surface area contributed by atoms with Crippen molar-refractivity contribution >= 4 is 11.9 Å². The summed E-state index contributed by atoms with van der Waals surface area (Å²) < 4.78 is 5.74. The molecule has 0 spiro atoms. The average Bonchev–Trinajstić information content (AvgIpc) is 2.64. The van der Waals surface area contributed by atoms with Crippen molar-refractivity contribution < 1.29 is 9.53 Å². The van der Waals surface area contributed by atoms with Crippen LogP contribution in [0.15, 0.2) is 29.3 Å². The lowest BCUT2D eigenvalue weighted by Gasteiger charge is -2.22. The van der Waals surface area contributed by atoms with E-state index in [1.807, 2.05) is 32.9 Å². The second-order valence-corrected chi connectivity index (χ2v) is 7.80. The maximum Gasteiger partial charge on any atom is 0.227 e. The standard InChI is InChI=1S/C21H36N4O2/c1-8-23-20(24-14-21(5,6)19(26)22-7)25-16(4)17-9-11-18(12-10-17)27-13-15(2)3/h9-12,15-16H,8,13-14H2,1-7H3,(H,22,26)(H2,23,24,25). The van der Waals surface area contributed by atoms with Gasteiger partial charge < -0.3 is 20.7 Å². The first-order valence-electron chi connectivity index (χ1n) is 9.69. The van der Waals surface area contributed by atoms with Crippen LogP contribution in [0, 0.1) is 11.3 Å². The van der Waals surface area contributed by atoms with E-state index in [9.17, 15) is 4.79 Å². The van der Waals surface area contributed by atoms with Gasteiger partial charge in [-0.3, -0.25) is 9.79 Å². The molecule has 3 N–H and O–H groups in total. The molecule has 1 atom stereocenters. The Kier molecular flexibility index (Phi) is 9.12. The highest BCUT2D eigenvalue weighted by molar-refractivity contribution is 5.83. The largest absolute Gasteiger partial charge is 0.493 e. The summed E-state index contributed by atoms with van der Waals surface area (Å²) in [6.07, 6.45) is 0. The smallest absolute Gasteiger partial charge is 0.227 e. The van der Waals surface area contributed by atoms with Gasteiger partial charge in [0.2, 0.25) is 5.91 Å². The molecule has 0 radical (unpaired) electrons. The molecule has 1 rings (SSSR count). The van der Waals surface area contributed by atoms with Gasteiger partial charge in [0, 0.05) is 13.6 Å². The normalized spacial score (nSPS) is 13.3. The fraction of sp³-hybridized carbons (Fsp3) is 0.619. The molecule has 0 aliphatic carbocycles. The lowest BCUT2D eigenvalue weighted by molar-refractivity contribution is -0.128. The Bertz CT molecular complexity index is 609. The van der Waals surface area contributed by atoms with E-state index in [1.165, 1.54) is 0 Å². The summed E-state index contributed by atoms with van der Waals surface area (Å²) in [7, 11) is 1.65. The Morgan fingerprint density at radius 3 is 2.33 bits per heavy atom. The van der Waals surface area contributed by atoms with Gasteiger partial charge >= 0.3 is 0 Å². The number of guanidine groups is 1. The molecule has 152 valence electrons. The SMILES string of the molecule is CCNC(=NCC(C)(C)C(=O)NC)NC(C)c1ccc(OCC(C)C)cc1. The van der Waals surface area contributed by atoms with Crippen molar-refractivity contribution in [3.05, 3.63) is 29.8 Å². The lowest BCUT2D eigenvalue weighted by atomic mass is 9.93. The third-order valence-electron chi connectivity index (χ3n) is 4.14. The van der Waals surface area contributed by atoms with Gasteiger partial charge in [0.1, 0.15) is 5.75 Å². The highest BCUT2D eigenvalue weighted by Gasteiger charge is 2.26. The molecule has 1 aromatic carbocycles. The molecule has 1 aromatic rings. The number of carbonyl (C=O) groups excluding carboxylic acids is 1. The van der Waals surface area contributed by atoms with Crippen LogP contribution in [0.4, 0.5) is 0 Å². The first kappa shape index (κ1) is 22.8.